The first kappa shape index (κ1) is 27.3. The van der Waals surface area contributed by atoms with E-state index < -0.39 is 21.9 Å². The molecule has 9 heteroatoms. The van der Waals surface area contributed by atoms with E-state index in [0.29, 0.717) is 19.4 Å². The number of nitrogens with zero attached hydrogens (tertiary/aromatic N) is 2. The van der Waals surface area contributed by atoms with Crippen molar-refractivity contribution in [3.05, 3.63) is 81.8 Å². The molecule has 6 nitrogen and oxygen atoms in total. The van der Waals surface area contributed by atoms with Crippen molar-refractivity contribution in [3.63, 3.8) is 0 Å². The van der Waals surface area contributed by atoms with E-state index >= 15 is 0 Å². The minimum atomic E-state index is -3.87. The molecule has 198 valence electrons. The second kappa shape index (κ2) is 11.8. The van der Waals surface area contributed by atoms with Crippen LogP contribution in [0, 0.1) is 18.7 Å². The SMILES string of the molecule is Cc1ccc(S(=O)(=O)N(CCC(C)C)CC(=O)N2CCc3sccc3C2COc2ccccc2F)cc1. The van der Waals surface area contributed by atoms with Gasteiger partial charge in [0.2, 0.25) is 15.9 Å². The highest BCUT2D eigenvalue weighted by Crippen LogP contribution is 2.34. The fourth-order valence-electron chi connectivity index (χ4n) is 4.39. The van der Waals surface area contributed by atoms with Crippen LogP contribution in [0.2, 0.25) is 0 Å². The molecule has 3 aromatic rings. The van der Waals surface area contributed by atoms with E-state index in [1.807, 2.05) is 32.2 Å². The van der Waals surface area contributed by atoms with Gasteiger partial charge in [-0.1, -0.05) is 43.7 Å². The van der Waals surface area contributed by atoms with Gasteiger partial charge in [-0.05, 0) is 67.0 Å². The van der Waals surface area contributed by atoms with Crippen LogP contribution in [-0.2, 0) is 21.2 Å². The molecule has 1 amide bonds. The zero-order valence-electron chi connectivity index (χ0n) is 21.4. The van der Waals surface area contributed by atoms with Crippen LogP contribution in [0.1, 0.15) is 42.3 Å². The minimum Gasteiger partial charge on any atom is -0.488 e. The van der Waals surface area contributed by atoms with E-state index in [4.69, 9.17) is 4.74 Å². The number of rotatable bonds is 10. The van der Waals surface area contributed by atoms with Gasteiger partial charge in [0.25, 0.3) is 0 Å². The molecule has 0 fully saturated rings. The summed E-state index contributed by atoms with van der Waals surface area (Å²) in [7, 11) is -3.87. The molecular weight excluding hydrogens is 511 g/mol. The van der Waals surface area contributed by atoms with Crippen molar-refractivity contribution < 1.29 is 22.3 Å². The second-order valence-corrected chi connectivity index (χ2v) is 12.7. The van der Waals surface area contributed by atoms with Crippen LogP contribution < -0.4 is 4.74 Å². The lowest BCUT2D eigenvalue weighted by Gasteiger charge is -2.37. The first-order valence-corrected chi connectivity index (χ1v) is 14.8. The Balaban J connectivity index is 1.58. The summed E-state index contributed by atoms with van der Waals surface area (Å²) in [5, 5.41) is 1.98. The number of fused-ring (bicyclic) bond motifs is 1. The van der Waals surface area contributed by atoms with Crippen LogP contribution in [0.25, 0.3) is 0 Å². The van der Waals surface area contributed by atoms with Crippen LogP contribution in [0.3, 0.4) is 0 Å². The first-order valence-electron chi connectivity index (χ1n) is 12.5. The quantitative estimate of drug-likeness (QED) is 0.341. The molecule has 0 saturated heterocycles. The number of hydrogen-bond acceptors (Lipinski definition) is 5. The second-order valence-electron chi connectivity index (χ2n) is 9.73. The summed E-state index contributed by atoms with van der Waals surface area (Å²) in [6, 6.07) is 14.4. The van der Waals surface area contributed by atoms with Gasteiger partial charge in [0.1, 0.15) is 6.61 Å². The minimum absolute atomic E-state index is 0.0765. The van der Waals surface area contributed by atoms with Crippen LogP contribution in [-0.4, -0.2) is 49.8 Å². The predicted octanol–water partition coefficient (Wildman–Crippen LogP) is 5.44. The number of amides is 1. The molecule has 0 spiro atoms. The summed E-state index contributed by atoms with van der Waals surface area (Å²) in [4.78, 5) is 16.7. The van der Waals surface area contributed by atoms with Crippen molar-refractivity contribution in [1.82, 2.24) is 9.21 Å². The van der Waals surface area contributed by atoms with Crippen molar-refractivity contribution >= 4 is 27.3 Å². The van der Waals surface area contributed by atoms with Crippen LogP contribution in [0.15, 0.2) is 64.9 Å². The number of thiophene rings is 1. The highest BCUT2D eigenvalue weighted by atomic mass is 32.2. The van der Waals surface area contributed by atoms with Gasteiger partial charge in [-0.3, -0.25) is 4.79 Å². The van der Waals surface area contributed by atoms with Gasteiger partial charge in [-0.25, -0.2) is 12.8 Å². The fraction of sp³-hybridized carbons (Fsp3) is 0.393. The number of benzene rings is 2. The highest BCUT2D eigenvalue weighted by molar-refractivity contribution is 7.89. The maximum atomic E-state index is 14.2. The zero-order valence-corrected chi connectivity index (χ0v) is 23.0. The lowest BCUT2D eigenvalue weighted by molar-refractivity contribution is -0.135. The van der Waals surface area contributed by atoms with Gasteiger partial charge in [0, 0.05) is 18.0 Å². The van der Waals surface area contributed by atoms with Crippen LogP contribution in [0.5, 0.6) is 5.75 Å². The fourth-order valence-corrected chi connectivity index (χ4v) is 6.73. The molecule has 2 aromatic carbocycles. The van der Waals surface area contributed by atoms with Crippen LogP contribution in [0.4, 0.5) is 4.39 Å². The molecule has 1 unspecified atom stereocenters. The number of aryl methyl sites for hydroxylation is 1. The smallest absolute Gasteiger partial charge is 0.243 e. The van der Waals surface area contributed by atoms with Gasteiger partial charge < -0.3 is 9.64 Å². The Morgan fingerprint density at radius 3 is 2.59 bits per heavy atom. The van der Waals surface area contributed by atoms with Crippen LogP contribution >= 0.6 is 11.3 Å². The molecule has 0 radical (unpaired) electrons. The summed E-state index contributed by atoms with van der Waals surface area (Å²) in [6.07, 6.45) is 1.32. The van der Waals surface area contributed by atoms with Gasteiger partial charge in [-0.15, -0.1) is 11.3 Å². The Morgan fingerprint density at radius 1 is 1.16 bits per heavy atom. The number of ether oxygens (including phenoxy) is 1. The summed E-state index contributed by atoms with van der Waals surface area (Å²) in [6.45, 7) is 6.45. The molecule has 0 aliphatic carbocycles. The molecule has 2 heterocycles. The standard InChI is InChI=1S/C28H33FN2O4S2/c1-20(2)12-15-30(37(33,34)22-10-8-21(3)9-11-22)18-28(32)31-16-13-27-23(14-17-36-27)25(31)19-35-26-7-5-4-6-24(26)29/h4-11,14,17,20,25H,12-13,15-16,18-19H2,1-3H3. The van der Waals surface area contributed by atoms with E-state index in [2.05, 4.69) is 0 Å². The Kier molecular flexibility index (Phi) is 8.67. The molecule has 0 N–H and O–H groups in total. The molecular formula is C28H33FN2O4S2. The average Bonchev–Trinajstić information content (AvgIpc) is 3.35. The van der Waals surface area contributed by atoms with Gasteiger partial charge in [0.05, 0.1) is 17.5 Å². The highest BCUT2D eigenvalue weighted by Gasteiger charge is 2.35. The maximum absolute atomic E-state index is 14.2. The number of para-hydroxylation sites is 1. The lowest BCUT2D eigenvalue weighted by atomic mass is 10.0. The summed E-state index contributed by atoms with van der Waals surface area (Å²) in [5.41, 5.74) is 1.93. The Bertz CT molecular complexity index is 1320. The number of carbonyl (C=O) groups excluding carboxylic acids is 1. The van der Waals surface area contributed by atoms with Crippen molar-refractivity contribution in [2.45, 2.75) is 44.6 Å². The molecule has 1 atom stereocenters. The third-order valence-electron chi connectivity index (χ3n) is 6.57. The molecule has 1 aromatic heterocycles. The van der Waals surface area contributed by atoms with E-state index in [0.717, 1.165) is 16.0 Å². The Labute approximate surface area is 222 Å². The molecule has 0 saturated carbocycles. The molecule has 0 bridgehead atoms. The van der Waals surface area contributed by atoms with E-state index in [1.165, 1.54) is 10.4 Å². The maximum Gasteiger partial charge on any atom is 0.243 e. The number of carbonyl (C=O) groups is 1. The van der Waals surface area contributed by atoms with Gasteiger partial charge in [0.15, 0.2) is 11.6 Å². The lowest BCUT2D eigenvalue weighted by Crippen LogP contribution is -2.48. The largest absolute Gasteiger partial charge is 0.488 e. The predicted molar refractivity (Wildman–Crippen MR) is 144 cm³/mol. The van der Waals surface area contributed by atoms with Crippen molar-refractivity contribution in [2.75, 3.05) is 26.2 Å². The Hall–Kier alpha value is -2.75. The number of halogens is 1. The van der Waals surface area contributed by atoms with E-state index in [9.17, 15) is 17.6 Å². The zero-order chi connectivity index (χ0) is 26.6. The Morgan fingerprint density at radius 2 is 1.89 bits per heavy atom. The van der Waals surface area contributed by atoms with Gasteiger partial charge in [-0.2, -0.15) is 4.31 Å². The molecule has 37 heavy (non-hydrogen) atoms. The number of hydrogen-bond donors (Lipinski definition) is 0. The molecule has 1 aliphatic rings. The first-order chi connectivity index (χ1) is 17.7. The summed E-state index contributed by atoms with van der Waals surface area (Å²) in [5.74, 6) is -0.363. The van der Waals surface area contributed by atoms with Crippen molar-refractivity contribution in [2.24, 2.45) is 5.92 Å². The van der Waals surface area contributed by atoms with Crippen molar-refractivity contribution in [3.8, 4) is 5.75 Å². The molecule has 4 rings (SSSR count). The van der Waals surface area contributed by atoms with E-state index in [-0.39, 0.29) is 42.2 Å². The average molecular weight is 545 g/mol. The monoisotopic (exact) mass is 544 g/mol. The normalized spacial score (nSPS) is 15.7. The van der Waals surface area contributed by atoms with E-state index in [1.54, 1.807) is 58.7 Å². The number of sulfonamides is 1. The van der Waals surface area contributed by atoms with Crippen molar-refractivity contribution in [1.29, 1.82) is 0 Å². The summed E-state index contributed by atoms with van der Waals surface area (Å²) < 4.78 is 48.4. The third kappa shape index (κ3) is 6.40. The molecule has 1 aliphatic heterocycles. The summed E-state index contributed by atoms with van der Waals surface area (Å²) >= 11 is 1.62. The third-order valence-corrected chi connectivity index (χ3v) is 9.43. The topological polar surface area (TPSA) is 66.9 Å². The van der Waals surface area contributed by atoms with Gasteiger partial charge >= 0.3 is 0 Å².